The number of carbonyl (C=O) groups excluding carboxylic acids is 1. The number of aliphatic hydroxyl groups is 1. The highest BCUT2D eigenvalue weighted by molar-refractivity contribution is 5.76. The van der Waals surface area contributed by atoms with Crippen molar-refractivity contribution >= 4 is 6.03 Å². The molecular weight excluding hydrogens is 259 g/mol. The maximum Gasteiger partial charge on any atom is 0.315 e. The van der Waals surface area contributed by atoms with Crippen molar-refractivity contribution < 1.29 is 14.3 Å². The van der Waals surface area contributed by atoms with E-state index in [2.05, 4.69) is 10.6 Å². The third-order valence-corrected chi connectivity index (χ3v) is 3.66. The lowest BCUT2D eigenvalue weighted by molar-refractivity contribution is 0.229. The first kappa shape index (κ1) is 14.8. The Morgan fingerprint density at radius 2 is 2.15 bits per heavy atom. The van der Waals surface area contributed by atoms with Crippen molar-refractivity contribution in [3.63, 3.8) is 0 Å². The van der Waals surface area contributed by atoms with Crippen LogP contribution in [0, 0.1) is 5.82 Å². The van der Waals surface area contributed by atoms with Crippen LogP contribution in [-0.2, 0) is 5.54 Å². The van der Waals surface area contributed by atoms with Gasteiger partial charge in [-0.2, -0.15) is 0 Å². The summed E-state index contributed by atoms with van der Waals surface area (Å²) in [6.07, 6.45) is 2.88. The number of nitrogens with one attached hydrogen (secondary N) is 2. The largest absolute Gasteiger partial charge is 0.396 e. The number of rotatable bonds is 6. The molecule has 1 atom stereocenters. The van der Waals surface area contributed by atoms with Gasteiger partial charge in [0.05, 0.1) is 5.54 Å². The summed E-state index contributed by atoms with van der Waals surface area (Å²) in [4.78, 5) is 11.9. The Morgan fingerprint density at radius 1 is 1.45 bits per heavy atom. The highest BCUT2D eigenvalue weighted by Crippen LogP contribution is 2.46. The molecule has 2 rings (SSSR count). The van der Waals surface area contributed by atoms with Crippen LogP contribution in [0.3, 0.4) is 0 Å². The molecule has 0 saturated heterocycles. The van der Waals surface area contributed by atoms with E-state index in [4.69, 9.17) is 5.11 Å². The van der Waals surface area contributed by atoms with Gasteiger partial charge in [-0.15, -0.1) is 0 Å². The number of hydrogen-bond donors (Lipinski definition) is 3. The summed E-state index contributed by atoms with van der Waals surface area (Å²) in [5.74, 6) is -0.279. The second kappa shape index (κ2) is 6.22. The van der Waals surface area contributed by atoms with Crippen LogP contribution in [0.5, 0.6) is 0 Å². The van der Waals surface area contributed by atoms with Gasteiger partial charge >= 0.3 is 6.03 Å². The number of carbonyl (C=O) groups is 1. The van der Waals surface area contributed by atoms with Gasteiger partial charge in [0.15, 0.2) is 0 Å². The fourth-order valence-electron chi connectivity index (χ4n) is 2.38. The Hall–Kier alpha value is -1.62. The number of hydrogen-bond acceptors (Lipinski definition) is 2. The van der Waals surface area contributed by atoms with Crippen molar-refractivity contribution in [1.82, 2.24) is 10.6 Å². The Morgan fingerprint density at radius 3 is 2.75 bits per heavy atom. The first-order valence-corrected chi connectivity index (χ1v) is 7.02. The van der Waals surface area contributed by atoms with Crippen LogP contribution in [0.25, 0.3) is 0 Å². The summed E-state index contributed by atoms with van der Waals surface area (Å²) < 4.78 is 13.8. The normalized spacial score (nSPS) is 17.4. The maximum absolute atomic E-state index is 13.8. The molecular formula is C15H21FN2O2. The lowest BCUT2D eigenvalue weighted by Crippen LogP contribution is -2.45. The van der Waals surface area contributed by atoms with Gasteiger partial charge in [-0.3, -0.25) is 0 Å². The minimum absolute atomic E-state index is 0.0152. The zero-order valence-electron chi connectivity index (χ0n) is 11.7. The van der Waals surface area contributed by atoms with Crippen LogP contribution >= 0.6 is 0 Å². The van der Waals surface area contributed by atoms with Crippen molar-refractivity contribution in [2.75, 3.05) is 6.61 Å². The van der Waals surface area contributed by atoms with E-state index in [1.165, 1.54) is 6.07 Å². The van der Waals surface area contributed by atoms with E-state index >= 15 is 0 Å². The van der Waals surface area contributed by atoms with E-state index in [1.807, 2.05) is 6.92 Å². The second-order valence-electron chi connectivity index (χ2n) is 5.43. The molecule has 1 aliphatic carbocycles. The summed E-state index contributed by atoms with van der Waals surface area (Å²) >= 11 is 0. The Kier molecular flexibility index (Phi) is 4.60. The van der Waals surface area contributed by atoms with E-state index in [0.717, 1.165) is 19.3 Å². The fourth-order valence-corrected chi connectivity index (χ4v) is 2.38. The zero-order chi connectivity index (χ0) is 14.6. The van der Waals surface area contributed by atoms with Crippen LogP contribution in [0.15, 0.2) is 24.3 Å². The summed E-state index contributed by atoms with van der Waals surface area (Å²) in [5.41, 5.74) is 0.00437. The van der Waals surface area contributed by atoms with Gasteiger partial charge in [-0.05, 0) is 38.7 Å². The van der Waals surface area contributed by atoms with Crippen molar-refractivity contribution in [1.29, 1.82) is 0 Å². The number of amides is 2. The van der Waals surface area contributed by atoms with Crippen LogP contribution in [0.4, 0.5) is 9.18 Å². The van der Waals surface area contributed by atoms with Crippen molar-refractivity contribution in [3.8, 4) is 0 Å². The second-order valence-corrected chi connectivity index (χ2v) is 5.43. The summed E-state index contributed by atoms with van der Waals surface area (Å²) in [6, 6.07) is 6.26. The van der Waals surface area contributed by atoms with Gasteiger partial charge in [0.2, 0.25) is 0 Å². The molecule has 4 nitrogen and oxygen atoms in total. The van der Waals surface area contributed by atoms with Gasteiger partial charge in [-0.1, -0.05) is 18.2 Å². The summed E-state index contributed by atoms with van der Waals surface area (Å²) in [7, 11) is 0. The highest BCUT2D eigenvalue weighted by atomic mass is 19.1. The van der Waals surface area contributed by atoms with E-state index in [9.17, 15) is 9.18 Å². The molecule has 0 spiro atoms. The van der Waals surface area contributed by atoms with Crippen LogP contribution in [0.2, 0.25) is 0 Å². The molecule has 1 unspecified atom stereocenters. The standard InChI is InChI=1S/C15H21FN2O2/c1-11(5-4-10-19)17-14(20)18-15(8-9-15)12-6-2-3-7-13(12)16/h2-3,6-7,11,19H,4-5,8-10H2,1H3,(H2,17,18,20). The number of urea groups is 1. The molecule has 1 fully saturated rings. The molecule has 0 aliphatic heterocycles. The molecule has 20 heavy (non-hydrogen) atoms. The molecule has 1 aromatic rings. The van der Waals surface area contributed by atoms with Gasteiger partial charge in [0, 0.05) is 18.2 Å². The fraction of sp³-hybridized carbons (Fsp3) is 0.533. The van der Waals surface area contributed by atoms with Crippen molar-refractivity contribution in [2.45, 2.75) is 44.2 Å². The van der Waals surface area contributed by atoms with Crippen LogP contribution in [-0.4, -0.2) is 23.8 Å². The molecule has 0 heterocycles. The van der Waals surface area contributed by atoms with Gasteiger partial charge in [0.25, 0.3) is 0 Å². The third kappa shape index (κ3) is 3.48. The topological polar surface area (TPSA) is 61.4 Å². The van der Waals surface area contributed by atoms with E-state index in [1.54, 1.807) is 18.2 Å². The van der Waals surface area contributed by atoms with Crippen molar-refractivity contribution in [2.24, 2.45) is 0 Å². The first-order chi connectivity index (χ1) is 9.57. The molecule has 1 saturated carbocycles. The Labute approximate surface area is 118 Å². The molecule has 2 amide bonds. The lowest BCUT2D eigenvalue weighted by Gasteiger charge is -2.21. The van der Waals surface area contributed by atoms with Gasteiger partial charge in [0.1, 0.15) is 5.82 Å². The van der Waals surface area contributed by atoms with Gasteiger partial charge in [-0.25, -0.2) is 9.18 Å². The minimum Gasteiger partial charge on any atom is -0.396 e. The molecule has 1 aliphatic rings. The lowest BCUT2D eigenvalue weighted by atomic mass is 10.0. The van der Waals surface area contributed by atoms with E-state index < -0.39 is 5.54 Å². The minimum atomic E-state index is -0.549. The predicted octanol–water partition coefficient (Wildman–Crippen LogP) is 2.28. The smallest absolute Gasteiger partial charge is 0.315 e. The predicted molar refractivity (Wildman–Crippen MR) is 74.8 cm³/mol. The number of aliphatic hydroxyl groups excluding tert-OH is 1. The quantitative estimate of drug-likeness (QED) is 0.748. The van der Waals surface area contributed by atoms with Crippen molar-refractivity contribution in [3.05, 3.63) is 35.6 Å². The van der Waals surface area contributed by atoms with Crippen LogP contribution in [0.1, 0.15) is 38.2 Å². The number of benzene rings is 1. The maximum atomic E-state index is 13.8. The first-order valence-electron chi connectivity index (χ1n) is 7.02. The summed E-state index contributed by atoms with van der Waals surface area (Å²) in [5, 5.41) is 14.5. The summed E-state index contributed by atoms with van der Waals surface area (Å²) in [6.45, 7) is 2.00. The Bertz CT molecular complexity index is 475. The number of halogens is 1. The molecule has 5 heteroatoms. The monoisotopic (exact) mass is 280 g/mol. The SMILES string of the molecule is CC(CCCO)NC(=O)NC1(c2ccccc2F)CC1. The molecule has 110 valence electrons. The molecule has 0 aromatic heterocycles. The highest BCUT2D eigenvalue weighted by Gasteiger charge is 2.47. The third-order valence-electron chi connectivity index (χ3n) is 3.66. The molecule has 3 N–H and O–H groups in total. The Balaban J connectivity index is 1.93. The molecule has 1 aromatic carbocycles. The van der Waals surface area contributed by atoms with E-state index in [-0.39, 0.29) is 24.5 Å². The van der Waals surface area contributed by atoms with Gasteiger partial charge < -0.3 is 15.7 Å². The van der Waals surface area contributed by atoms with E-state index in [0.29, 0.717) is 12.0 Å². The molecule has 0 radical (unpaired) electrons. The zero-order valence-corrected chi connectivity index (χ0v) is 11.7. The average molecular weight is 280 g/mol. The molecule has 0 bridgehead atoms. The van der Waals surface area contributed by atoms with Crippen LogP contribution < -0.4 is 10.6 Å². The average Bonchev–Trinajstić information content (AvgIpc) is 3.17.